The Morgan fingerprint density at radius 2 is 1.80 bits per heavy atom. The van der Waals surface area contributed by atoms with Gasteiger partial charge in [0.05, 0.1) is 5.60 Å². The third kappa shape index (κ3) is 1.25. The Kier molecular flexibility index (Phi) is 1.99. The van der Waals surface area contributed by atoms with Crippen molar-refractivity contribution in [1.29, 1.82) is 0 Å². The van der Waals surface area contributed by atoms with Crippen LogP contribution in [0.25, 0.3) is 0 Å². The van der Waals surface area contributed by atoms with Gasteiger partial charge in [0.2, 0.25) is 0 Å². The van der Waals surface area contributed by atoms with E-state index in [4.69, 9.17) is 0 Å². The van der Waals surface area contributed by atoms with E-state index in [2.05, 4.69) is 27.7 Å². The van der Waals surface area contributed by atoms with Crippen LogP contribution in [-0.2, 0) is 0 Å². The van der Waals surface area contributed by atoms with E-state index >= 15 is 0 Å². The lowest BCUT2D eigenvalue weighted by atomic mass is 9.79. The highest BCUT2D eigenvalue weighted by Crippen LogP contribution is 2.80. The van der Waals surface area contributed by atoms with Gasteiger partial charge in [0.15, 0.2) is 0 Å². The molecular formula is C14H26O. The Labute approximate surface area is 94.3 Å². The summed E-state index contributed by atoms with van der Waals surface area (Å²) >= 11 is 0. The molecule has 0 aromatic carbocycles. The van der Waals surface area contributed by atoms with Gasteiger partial charge >= 0.3 is 0 Å². The van der Waals surface area contributed by atoms with Gasteiger partial charge in [0.25, 0.3) is 0 Å². The predicted octanol–water partition coefficient (Wildman–Crippen LogP) is 3.61. The van der Waals surface area contributed by atoms with Gasteiger partial charge in [-0.15, -0.1) is 0 Å². The molecule has 0 saturated heterocycles. The zero-order chi connectivity index (χ0) is 11.7. The van der Waals surface area contributed by atoms with Crippen LogP contribution < -0.4 is 0 Å². The van der Waals surface area contributed by atoms with E-state index < -0.39 is 5.60 Å². The van der Waals surface area contributed by atoms with Crippen molar-refractivity contribution in [3.63, 3.8) is 0 Å². The van der Waals surface area contributed by atoms with Crippen LogP contribution in [0, 0.1) is 22.2 Å². The number of aliphatic hydroxyl groups is 1. The minimum atomic E-state index is -0.516. The summed E-state index contributed by atoms with van der Waals surface area (Å²) in [5.41, 5.74) is 0.684. The van der Waals surface area contributed by atoms with Crippen molar-refractivity contribution in [3.05, 3.63) is 0 Å². The average molecular weight is 210 g/mol. The van der Waals surface area contributed by atoms with Crippen LogP contribution in [0.2, 0.25) is 0 Å². The number of rotatable bonds is 3. The molecule has 0 bridgehead atoms. The number of hydrogen-bond donors (Lipinski definition) is 1. The molecule has 0 aromatic heterocycles. The standard InChI is InChI=1S/C14H26O/c1-7-12(4)9-14(12,6)10-8-13(10,5)11(2,3)15/h10,15H,7-9H2,1-6H3. The second-order valence-corrected chi connectivity index (χ2v) is 7.24. The van der Waals surface area contributed by atoms with Crippen molar-refractivity contribution < 1.29 is 5.11 Å². The summed E-state index contributed by atoms with van der Waals surface area (Å²) in [6.07, 6.45) is 3.84. The van der Waals surface area contributed by atoms with Crippen LogP contribution in [0.15, 0.2) is 0 Å². The summed E-state index contributed by atoms with van der Waals surface area (Å²) in [6, 6.07) is 0. The van der Waals surface area contributed by atoms with Crippen molar-refractivity contribution in [2.45, 2.75) is 66.4 Å². The first kappa shape index (κ1) is 11.4. The second-order valence-electron chi connectivity index (χ2n) is 7.24. The van der Waals surface area contributed by atoms with E-state index in [1.807, 2.05) is 13.8 Å². The minimum Gasteiger partial charge on any atom is -0.390 e. The summed E-state index contributed by atoms with van der Waals surface area (Å²) in [6.45, 7) is 13.4. The lowest BCUT2D eigenvalue weighted by Crippen LogP contribution is -2.33. The molecular weight excluding hydrogens is 184 g/mol. The molecule has 0 spiro atoms. The van der Waals surface area contributed by atoms with Gasteiger partial charge in [0.1, 0.15) is 0 Å². The van der Waals surface area contributed by atoms with Crippen molar-refractivity contribution in [2.24, 2.45) is 22.2 Å². The van der Waals surface area contributed by atoms with Crippen molar-refractivity contribution >= 4 is 0 Å². The molecule has 2 rings (SSSR count). The molecule has 0 aromatic rings. The Bertz CT molecular complexity index is 290. The fourth-order valence-electron chi connectivity index (χ4n) is 3.81. The quantitative estimate of drug-likeness (QED) is 0.754. The zero-order valence-corrected chi connectivity index (χ0v) is 11.1. The molecule has 1 N–H and O–H groups in total. The summed E-state index contributed by atoms with van der Waals surface area (Å²) in [5.74, 6) is 0.731. The van der Waals surface area contributed by atoms with E-state index in [1.165, 1.54) is 19.3 Å². The maximum atomic E-state index is 10.2. The SMILES string of the molecule is CCC1(C)CC1(C)C1CC1(C)C(C)(C)O. The second kappa shape index (κ2) is 2.61. The van der Waals surface area contributed by atoms with Gasteiger partial charge in [0, 0.05) is 0 Å². The van der Waals surface area contributed by atoms with Gasteiger partial charge < -0.3 is 5.11 Å². The summed E-state index contributed by atoms with van der Waals surface area (Å²) < 4.78 is 0. The molecule has 1 heteroatoms. The maximum Gasteiger partial charge on any atom is 0.0648 e. The van der Waals surface area contributed by atoms with E-state index in [0.29, 0.717) is 10.8 Å². The van der Waals surface area contributed by atoms with Crippen LogP contribution in [0.5, 0.6) is 0 Å². The normalized spacial score (nSPS) is 54.2. The molecule has 15 heavy (non-hydrogen) atoms. The first-order chi connectivity index (χ1) is 6.61. The Morgan fingerprint density at radius 3 is 2.07 bits per heavy atom. The summed E-state index contributed by atoms with van der Waals surface area (Å²) in [5, 5.41) is 10.2. The van der Waals surface area contributed by atoms with E-state index in [0.717, 1.165) is 5.92 Å². The smallest absolute Gasteiger partial charge is 0.0648 e. The molecule has 4 unspecified atom stereocenters. The highest BCUT2D eigenvalue weighted by Gasteiger charge is 2.75. The molecule has 0 heterocycles. The Hall–Kier alpha value is -0.0400. The lowest BCUT2D eigenvalue weighted by Gasteiger charge is -2.30. The first-order valence-corrected chi connectivity index (χ1v) is 6.33. The van der Waals surface area contributed by atoms with Crippen LogP contribution in [0.4, 0.5) is 0 Å². The molecule has 2 aliphatic carbocycles. The summed E-state index contributed by atoms with van der Waals surface area (Å²) in [4.78, 5) is 0. The highest BCUT2D eigenvalue weighted by molar-refractivity contribution is 5.23. The molecule has 4 atom stereocenters. The van der Waals surface area contributed by atoms with Gasteiger partial charge in [-0.1, -0.05) is 34.1 Å². The Balaban J connectivity index is 2.13. The Morgan fingerprint density at radius 1 is 1.27 bits per heavy atom. The zero-order valence-electron chi connectivity index (χ0n) is 11.1. The van der Waals surface area contributed by atoms with Crippen LogP contribution in [0.3, 0.4) is 0 Å². The number of hydrogen-bond acceptors (Lipinski definition) is 1. The first-order valence-electron chi connectivity index (χ1n) is 6.33. The van der Waals surface area contributed by atoms with Crippen LogP contribution in [0.1, 0.15) is 60.8 Å². The van der Waals surface area contributed by atoms with Gasteiger partial charge in [-0.25, -0.2) is 0 Å². The molecule has 0 amide bonds. The van der Waals surface area contributed by atoms with E-state index in [9.17, 15) is 5.11 Å². The third-order valence-electron chi connectivity index (χ3n) is 6.20. The van der Waals surface area contributed by atoms with Crippen LogP contribution in [-0.4, -0.2) is 10.7 Å². The third-order valence-corrected chi connectivity index (χ3v) is 6.20. The molecule has 0 aliphatic heterocycles. The van der Waals surface area contributed by atoms with E-state index in [1.54, 1.807) is 0 Å². The predicted molar refractivity (Wildman–Crippen MR) is 63.6 cm³/mol. The molecule has 2 aliphatic rings. The van der Waals surface area contributed by atoms with Gasteiger partial charge in [-0.3, -0.25) is 0 Å². The van der Waals surface area contributed by atoms with Crippen molar-refractivity contribution in [3.8, 4) is 0 Å². The fourth-order valence-corrected chi connectivity index (χ4v) is 3.81. The average Bonchev–Trinajstić information content (AvgIpc) is 2.90. The molecule has 2 fully saturated rings. The van der Waals surface area contributed by atoms with Crippen LogP contribution >= 0.6 is 0 Å². The monoisotopic (exact) mass is 210 g/mol. The summed E-state index contributed by atoms with van der Waals surface area (Å²) in [7, 11) is 0. The van der Waals surface area contributed by atoms with E-state index in [-0.39, 0.29) is 5.41 Å². The lowest BCUT2D eigenvalue weighted by molar-refractivity contribution is -0.00477. The van der Waals surface area contributed by atoms with Crippen molar-refractivity contribution in [2.75, 3.05) is 0 Å². The fraction of sp³-hybridized carbons (Fsp3) is 1.00. The molecule has 0 radical (unpaired) electrons. The minimum absolute atomic E-state index is 0.161. The molecule has 88 valence electrons. The van der Waals surface area contributed by atoms with Crippen molar-refractivity contribution in [1.82, 2.24) is 0 Å². The topological polar surface area (TPSA) is 20.2 Å². The maximum absolute atomic E-state index is 10.2. The van der Waals surface area contributed by atoms with Gasteiger partial charge in [-0.2, -0.15) is 0 Å². The van der Waals surface area contributed by atoms with Gasteiger partial charge in [-0.05, 0) is 48.9 Å². The highest BCUT2D eigenvalue weighted by atomic mass is 16.3. The molecule has 2 saturated carbocycles. The largest absolute Gasteiger partial charge is 0.390 e. The molecule has 1 nitrogen and oxygen atoms in total.